The topological polar surface area (TPSA) is 59.3 Å². The van der Waals surface area contributed by atoms with Crippen LogP contribution in [0.4, 0.5) is 22.0 Å². The first-order valence-corrected chi connectivity index (χ1v) is 4.90. The number of hydrogen-bond acceptors (Lipinski definition) is 4. The molecule has 0 bridgehead atoms. The number of nitrogens with zero attached hydrogens (tertiary/aromatic N) is 1. The van der Waals surface area contributed by atoms with Gasteiger partial charge in [0.15, 0.2) is 5.75 Å². The Balaban J connectivity index is 3.49. The summed E-state index contributed by atoms with van der Waals surface area (Å²) in [6.45, 7) is 0. The number of ether oxygens (including phenoxy) is 2. The van der Waals surface area contributed by atoms with Gasteiger partial charge in [0.2, 0.25) is 0 Å². The Morgan fingerprint density at radius 3 is 2.35 bits per heavy atom. The minimum absolute atomic E-state index is 0.478. The zero-order valence-electron chi connectivity index (χ0n) is 9.79. The predicted octanol–water partition coefficient (Wildman–Crippen LogP) is 3.18. The highest BCUT2D eigenvalue weighted by molar-refractivity contribution is 5.90. The van der Waals surface area contributed by atoms with Gasteiger partial charge in [-0.15, -0.1) is 13.2 Å². The highest BCUT2D eigenvalue weighted by atomic mass is 19.4. The molecule has 0 N–H and O–H groups in total. The van der Waals surface area contributed by atoms with E-state index in [2.05, 4.69) is 9.47 Å². The van der Waals surface area contributed by atoms with Crippen LogP contribution >= 0.6 is 0 Å². The zero-order chi connectivity index (χ0) is 15.5. The molecule has 0 saturated heterocycles. The second kappa shape index (κ2) is 5.73. The number of halogens is 5. The Hall–Kier alpha value is -2.37. The maximum atomic E-state index is 12.8. The van der Waals surface area contributed by atoms with Crippen LogP contribution in [0.1, 0.15) is 27.9 Å². The van der Waals surface area contributed by atoms with Crippen LogP contribution in [0.25, 0.3) is 0 Å². The maximum Gasteiger partial charge on any atom is 0.573 e. The second-order valence-corrected chi connectivity index (χ2v) is 3.39. The molecule has 0 amide bonds. The van der Waals surface area contributed by atoms with Gasteiger partial charge in [-0.1, -0.05) is 0 Å². The summed E-state index contributed by atoms with van der Waals surface area (Å²) in [5, 5.41) is 8.71. The number of esters is 1. The summed E-state index contributed by atoms with van der Waals surface area (Å²) in [6, 6.07) is 2.43. The molecule has 0 heterocycles. The first kappa shape index (κ1) is 15.7. The number of carbonyl (C=O) groups excluding carboxylic acids is 1. The number of nitriles is 1. The fourth-order valence-electron chi connectivity index (χ4n) is 1.36. The second-order valence-electron chi connectivity index (χ2n) is 3.39. The highest BCUT2D eigenvalue weighted by Crippen LogP contribution is 2.36. The lowest BCUT2D eigenvalue weighted by molar-refractivity contribution is -0.275. The van der Waals surface area contributed by atoms with Crippen LogP contribution in [0.5, 0.6) is 5.75 Å². The quantitative estimate of drug-likeness (QED) is 0.634. The molecule has 0 fully saturated rings. The summed E-state index contributed by atoms with van der Waals surface area (Å²) in [6.07, 6.45) is -8.62. The third-order valence-electron chi connectivity index (χ3n) is 2.11. The Morgan fingerprint density at radius 1 is 1.35 bits per heavy atom. The van der Waals surface area contributed by atoms with Crippen molar-refractivity contribution in [3.63, 3.8) is 0 Å². The largest absolute Gasteiger partial charge is 0.573 e. The van der Waals surface area contributed by atoms with Crippen LogP contribution in [0, 0.1) is 11.3 Å². The smallest absolute Gasteiger partial charge is 0.465 e. The minimum atomic E-state index is -5.25. The van der Waals surface area contributed by atoms with E-state index in [0.29, 0.717) is 12.1 Å². The normalized spacial score (nSPS) is 11.1. The standard InChI is InChI=1S/C11H6F5NO3/c1-19-10(18)5-2-6(4-17)8(20-11(14,15)16)7(3-5)9(12)13/h2-3,9H,1H3. The summed E-state index contributed by atoms with van der Waals surface area (Å²) in [5.74, 6) is -2.40. The van der Waals surface area contributed by atoms with Crippen molar-refractivity contribution in [1.82, 2.24) is 0 Å². The van der Waals surface area contributed by atoms with Gasteiger partial charge < -0.3 is 9.47 Å². The summed E-state index contributed by atoms with van der Waals surface area (Å²) in [7, 11) is 0.955. The van der Waals surface area contributed by atoms with E-state index < -0.39 is 41.2 Å². The first-order valence-electron chi connectivity index (χ1n) is 4.90. The van der Waals surface area contributed by atoms with Gasteiger partial charge in [0.1, 0.15) is 6.07 Å². The molecule has 0 atom stereocenters. The van der Waals surface area contributed by atoms with E-state index in [1.54, 1.807) is 0 Å². The lowest BCUT2D eigenvalue weighted by atomic mass is 10.0. The fourth-order valence-corrected chi connectivity index (χ4v) is 1.36. The molecule has 0 spiro atoms. The van der Waals surface area contributed by atoms with E-state index >= 15 is 0 Å². The van der Waals surface area contributed by atoms with E-state index in [0.717, 1.165) is 7.11 Å². The van der Waals surface area contributed by atoms with Crippen LogP contribution in [-0.2, 0) is 4.74 Å². The van der Waals surface area contributed by atoms with Crippen molar-refractivity contribution in [2.24, 2.45) is 0 Å². The molecular formula is C11H6F5NO3. The number of carbonyl (C=O) groups is 1. The Kier molecular flexibility index (Phi) is 4.49. The molecule has 4 nitrogen and oxygen atoms in total. The van der Waals surface area contributed by atoms with E-state index in [1.807, 2.05) is 0 Å². The van der Waals surface area contributed by atoms with Crippen molar-refractivity contribution in [3.8, 4) is 11.8 Å². The van der Waals surface area contributed by atoms with E-state index in [-0.39, 0.29) is 0 Å². The van der Waals surface area contributed by atoms with Crippen LogP contribution in [-0.4, -0.2) is 19.4 Å². The van der Waals surface area contributed by atoms with E-state index in [4.69, 9.17) is 5.26 Å². The lowest BCUT2D eigenvalue weighted by Crippen LogP contribution is -2.19. The van der Waals surface area contributed by atoms with Gasteiger partial charge in [-0.2, -0.15) is 5.26 Å². The molecule has 1 aromatic rings. The summed E-state index contributed by atoms with van der Waals surface area (Å²) in [5.41, 5.74) is -2.55. The van der Waals surface area contributed by atoms with Crippen molar-refractivity contribution in [2.45, 2.75) is 12.8 Å². The van der Waals surface area contributed by atoms with Gasteiger partial charge in [0, 0.05) is 0 Å². The average molecular weight is 295 g/mol. The van der Waals surface area contributed by atoms with Gasteiger partial charge >= 0.3 is 12.3 Å². The molecule has 1 rings (SSSR count). The van der Waals surface area contributed by atoms with Crippen molar-refractivity contribution < 1.29 is 36.2 Å². The average Bonchev–Trinajstić information content (AvgIpc) is 2.35. The molecule has 0 aliphatic heterocycles. The maximum absolute atomic E-state index is 12.8. The number of alkyl halides is 5. The summed E-state index contributed by atoms with van der Waals surface area (Å²) < 4.78 is 69.7. The molecule has 0 unspecified atom stereocenters. The van der Waals surface area contributed by atoms with Gasteiger partial charge in [-0.3, -0.25) is 0 Å². The molecule has 0 aliphatic carbocycles. The van der Waals surface area contributed by atoms with E-state index in [1.165, 1.54) is 6.07 Å². The first-order chi connectivity index (χ1) is 9.19. The monoisotopic (exact) mass is 295 g/mol. The number of methoxy groups -OCH3 is 1. The van der Waals surface area contributed by atoms with Gasteiger partial charge in [0.25, 0.3) is 6.43 Å². The Bertz CT molecular complexity index is 562. The number of benzene rings is 1. The van der Waals surface area contributed by atoms with Gasteiger partial charge in [-0.05, 0) is 12.1 Å². The van der Waals surface area contributed by atoms with Crippen LogP contribution in [0.2, 0.25) is 0 Å². The van der Waals surface area contributed by atoms with Crippen LogP contribution in [0.3, 0.4) is 0 Å². The molecule has 0 radical (unpaired) electrons. The van der Waals surface area contributed by atoms with Crippen molar-refractivity contribution in [2.75, 3.05) is 7.11 Å². The highest BCUT2D eigenvalue weighted by Gasteiger charge is 2.35. The predicted molar refractivity (Wildman–Crippen MR) is 54.1 cm³/mol. The minimum Gasteiger partial charge on any atom is -0.465 e. The summed E-state index contributed by atoms with van der Waals surface area (Å²) in [4.78, 5) is 11.2. The van der Waals surface area contributed by atoms with Crippen molar-refractivity contribution >= 4 is 5.97 Å². The molecule has 0 aliphatic rings. The Morgan fingerprint density at radius 2 is 1.95 bits per heavy atom. The van der Waals surface area contributed by atoms with Crippen molar-refractivity contribution in [1.29, 1.82) is 5.26 Å². The van der Waals surface area contributed by atoms with E-state index in [9.17, 15) is 26.7 Å². The zero-order valence-corrected chi connectivity index (χ0v) is 9.79. The van der Waals surface area contributed by atoms with Crippen LogP contribution in [0.15, 0.2) is 12.1 Å². The molecule has 108 valence electrons. The van der Waals surface area contributed by atoms with Crippen molar-refractivity contribution in [3.05, 3.63) is 28.8 Å². The SMILES string of the molecule is COC(=O)c1cc(C#N)c(OC(F)(F)F)c(C(F)F)c1. The molecular weight excluding hydrogens is 289 g/mol. The van der Waals surface area contributed by atoms with Crippen LogP contribution < -0.4 is 4.74 Å². The van der Waals surface area contributed by atoms with Gasteiger partial charge in [0.05, 0.1) is 23.8 Å². The molecule has 20 heavy (non-hydrogen) atoms. The molecule has 1 aromatic carbocycles. The Labute approximate surface area is 109 Å². The summed E-state index contributed by atoms with van der Waals surface area (Å²) >= 11 is 0. The third-order valence-corrected chi connectivity index (χ3v) is 2.11. The number of hydrogen-bond donors (Lipinski definition) is 0. The van der Waals surface area contributed by atoms with Gasteiger partial charge in [-0.25, -0.2) is 13.6 Å². The third kappa shape index (κ3) is 3.57. The molecule has 0 saturated carbocycles. The lowest BCUT2D eigenvalue weighted by Gasteiger charge is -2.15. The number of rotatable bonds is 3. The molecule has 9 heteroatoms. The fraction of sp³-hybridized carbons (Fsp3) is 0.273. The molecule has 0 aromatic heterocycles.